The van der Waals surface area contributed by atoms with E-state index in [1.54, 1.807) is 37.3 Å². The van der Waals surface area contributed by atoms with Crippen molar-refractivity contribution < 1.29 is 27.5 Å². The summed E-state index contributed by atoms with van der Waals surface area (Å²) in [5.41, 5.74) is 7.13. The number of primary amides is 1. The van der Waals surface area contributed by atoms with E-state index in [1.807, 2.05) is 30.3 Å². The number of aryl methyl sites for hydroxylation is 1. The van der Waals surface area contributed by atoms with E-state index in [0.717, 1.165) is 5.56 Å². The van der Waals surface area contributed by atoms with Crippen LogP contribution in [0.1, 0.15) is 27.0 Å². The first-order valence-corrected chi connectivity index (χ1v) is 11.5. The van der Waals surface area contributed by atoms with Gasteiger partial charge in [-0.05, 0) is 47.9 Å². The van der Waals surface area contributed by atoms with Crippen molar-refractivity contribution >= 4 is 21.9 Å². The smallest absolute Gasteiger partial charge is 0.338 e. The van der Waals surface area contributed by atoms with Crippen LogP contribution in [0.25, 0.3) is 0 Å². The maximum absolute atomic E-state index is 12.8. The molecule has 0 atom stereocenters. The van der Waals surface area contributed by atoms with E-state index in [0.29, 0.717) is 16.9 Å². The molecule has 3 aromatic rings. The molecule has 0 saturated heterocycles. The van der Waals surface area contributed by atoms with Crippen molar-refractivity contribution in [1.29, 1.82) is 0 Å². The van der Waals surface area contributed by atoms with Gasteiger partial charge in [-0.3, -0.25) is 4.79 Å². The van der Waals surface area contributed by atoms with Crippen molar-refractivity contribution in [3.8, 4) is 5.75 Å². The van der Waals surface area contributed by atoms with Crippen molar-refractivity contribution in [2.24, 2.45) is 5.73 Å². The van der Waals surface area contributed by atoms with Gasteiger partial charge in [0.2, 0.25) is 10.0 Å². The SMILES string of the molecule is Cc1ccc(C(=O)OCc2cccc(OCC(N)=O)c2)cc1S(=O)(=O)NCc1ccccc1. The van der Waals surface area contributed by atoms with Gasteiger partial charge in [0.1, 0.15) is 12.4 Å². The Morgan fingerprint density at radius 2 is 1.67 bits per heavy atom. The topological polar surface area (TPSA) is 125 Å². The lowest BCUT2D eigenvalue weighted by Crippen LogP contribution is -2.24. The van der Waals surface area contributed by atoms with Crippen molar-refractivity contribution in [2.45, 2.75) is 25.0 Å². The van der Waals surface area contributed by atoms with E-state index in [9.17, 15) is 18.0 Å². The van der Waals surface area contributed by atoms with E-state index in [2.05, 4.69) is 4.72 Å². The number of amides is 1. The number of carbonyl (C=O) groups excluding carboxylic acids is 2. The highest BCUT2D eigenvalue weighted by Gasteiger charge is 2.19. The van der Waals surface area contributed by atoms with Crippen molar-refractivity contribution in [3.63, 3.8) is 0 Å². The largest absolute Gasteiger partial charge is 0.484 e. The molecule has 1 amide bonds. The first-order chi connectivity index (χ1) is 15.7. The van der Waals surface area contributed by atoms with Crippen LogP contribution in [0, 0.1) is 6.92 Å². The van der Waals surface area contributed by atoms with Crippen LogP contribution >= 0.6 is 0 Å². The molecule has 0 spiro atoms. The molecule has 0 bridgehead atoms. The van der Waals surface area contributed by atoms with Crippen LogP contribution in [0.2, 0.25) is 0 Å². The van der Waals surface area contributed by atoms with Gasteiger partial charge < -0.3 is 15.2 Å². The first-order valence-electron chi connectivity index (χ1n) is 10.1. The minimum absolute atomic E-state index is 0.00901. The van der Waals surface area contributed by atoms with Gasteiger partial charge >= 0.3 is 5.97 Å². The lowest BCUT2D eigenvalue weighted by Gasteiger charge is -2.12. The Labute approximate surface area is 192 Å². The monoisotopic (exact) mass is 468 g/mol. The van der Waals surface area contributed by atoms with Gasteiger partial charge in [-0.1, -0.05) is 48.5 Å². The second-order valence-corrected chi connectivity index (χ2v) is 9.00. The van der Waals surface area contributed by atoms with Crippen LogP contribution in [0.5, 0.6) is 5.75 Å². The Hall–Kier alpha value is -3.69. The third kappa shape index (κ3) is 6.90. The Balaban J connectivity index is 1.67. The van der Waals surface area contributed by atoms with Crippen molar-refractivity contribution in [2.75, 3.05) is 6.61 Å². The third-order valence-corrected chi connectivity index (χ3v) is 6.22. The summed E-state index contributed by atoms with van der Waals surface area (Å²) in [6.45, 7) is 1.46. The van der Waals surface area contributed by atoms with Gasteiger partial charge in [0.15, 0.2) is 6.61 Å². The highest BCUT2D eigenvalue weighted by molar-refractivity contribution is 7.89. The number of carbonyl (C=O) groups is 2. The van der Waals surface area contributed by atoms with E-state index >= 15 is 0 Å². The number of rotatable bonds is 10. The molecule has 0 fully saturated rings. The number of ether oxygens (including phenoxy) is 2. The predicted octanol–water partition coefficient (Wildman–Crippen LogP) is 2.69. The maximum Gasteiger partial charge on any atom is 0.338 e. The molecule has 3 rings (SSSR count). The zero-order valence-corrected chi connectivity index (χ0v) is 18.8. The summed E-state index contributed by atoms with van der Waals surface area (Å²) in [4.78, 5) is 23.4. The molecule has 0 radical (unpaired) electrons. The molecular weight excluding hydrogens is 444 g/mol. The van der Waals surface area contributed by atoms with Crippen LogP contribution < -0.4 is 15.2 Å². The fourth-order valence-electron chi connectivity index (χ4n) is 2.98. The average Bonchev–Trinajstić information content (AvgIpc) is 2.81. The number of sulfonamides is 1. The molecule has 0 aliphatic heterocycles. The predicted molar refractivity (Wildman–Crippen MR) is 122 cm³/mol. The fourth-order valence-corrected chi connectivity index (χ4v) is 4.27. The van der Waals surface area contributed by atoms with Crippen LogP contribution in [-0.4, -0.2) is 26.9 Å². The number of nitrogens with two attached hydrogens (primary N) is 1. The minimum Gasteiger partial charge on any atom is -0.484 e. The number of nitrogens with one attached hydrogen (secondary N) is 1. The van der Waals surface area contributed by atoms with Gasteiger partial charge in [-0.25, -0.2) is 17.9 Å². The van der Waals surface area contributed by atoms with E-state index in [1.165, 1.54) is 12.1 Å². The molecule has 0 aliphatic rings. The molecular formula is C24H24N2O6S. The van der Waals surface area contributed by atoms with Crippen LogP contribution in [-0.2, 0) is 32.7 Å². The lowest BCUT2D eigenvalue weighted by atomic mass is 10.1. The highest BCUT2D eigenvalue weighted by atomic mass is 32.2. The van der Waals surface area contributed by atoms with E-state index in [4.69, 9.17) is 15.2 Å². The highest BCUT2D eigenvalue weighted by Crippen LogP contribution is 2.19. The van der Waals surface area contributed by atoms with Crippen LogP contribution in [0.4, 0.5) is 0 Å². The summed E-state index contributed by atoms with van der Waals surface area (Å²) in [5.74, 6) is -0.858. The van der Waals surface area contributed by atoms with Crippen molar-refractivity contribution in [3.05, 3.63) is 95.1 Å². The Kier molecular flexibility index (Phi) is 7.81. The number of esters is 1. The molecule has 172 valence electrons. The summed E-state index contributed by atoms with van der Waals surface area (Å²) in [5, 5.41) is 0. The summed E-state index contributed by atoms with van der Waals surface area (Å²) in [7, 11) is -3.84. The minimum atomic E-state index is -3.84. The zero-order chi connectivity index (χ0) is 23.8. The summed E-state index contributed by atoms with van der Waals surface area (Å²) < 4.78 is 38.8. The molecule has 8 nitrogen and oxygen atoms in total. The van der Waals surface area contributed by atoms with E-state index in [-0.39, 0.29) is 30.2 Å². The zero-order valence-electron chi connectivity index (χ0n) is 18.0. The summed E-state index contributed by atoms with van der Waals surface area (Å²) in [6, 6.07) is 20.2. The molecule has 0 saturated carbocycles. The number of hydrogen-bond donors (Lipinski definition) is 2. The lowest BCUT2D eigenvalue weighted by molar-refractivity contribution is -0.119. The van der Waals surface area contributed by atoms with Crippen molar-refractivity contribution in [1.82, 2.24) is 4.72 Å². The molecule has 0 heterocycles. The third-order valence-electron chi connectivity index (χ3n) is 4.67. The molecule has 9 heteroatoms. The first kappa shape index (κ1) is 24.0. The Bertz CT molecular complexity index is 1240. The molecule has 0 aromatic heterocycles. The molecule has 33 heavy (non-hydrogen) atoms. The molecule has 0 aliphatic carbocycles. The van der Waals surface area contributed by atoms with E-state index < -0.39 is 21.9 Å². The number of benzene rings is 3. The van der Waals surface area contributed by atoms with Gasteiger partial charge in [-0.2, -0.15) is 0 Å². The second-order valence-electron chi connectivity index (χ2n) is 7.27. The van der Waals surface area contributed by atoms with Crippen LogP contribution in [0.15, 0.2) is 77.7 Å². The van der Waals surface area contributed by atoms with Gasteiger partial charge in [0.25, 0.3) is 5.91 Å². The van der Waals surface area contributed by atoms with Gasteiger partial charge in [0, 0.05) is 6.54 Å². The quantitative estimate of drug-likeness (QED) is 0.441. The maximum atomic E-state index is 12.8. The molecule has 3 aromatic carbocycles. The summed E-state index contributed by atoms with van der Waals surface area (Å²) in [6.07, 6.45) is 0. The normalized spacial score (nSPS) is 11.1. The second kappa shape index (κ2) is 10.8. The van der Waals surface area contributed by atoms with Crippen LogP contribution in [0.3, 0.4) is 0 Å². The fraction of sp³-hybridized carbons (Fsp3) is 0.167. The van der Waals surface area contributed by atoms with Gasteiger partial charge in [-0.15, -0.1) is 0 Å². The summed E-state index contributed by atoms with van der Waals surface area (Å²) >= 11 is 0. The average molecular weight is 469 g/mol. The molecule has 3 N–H and O–H groups in total. The van der Waals surface area contributed by atoms with Gasteiger partial charge in [0.05, 0.1) is 10.5 Å². The standard InChI is InChI=1S/C24H24N2O6S/c1-17-10-11-20(13-22(17)33(29,30)26-14-18-6-3-2-4-7-18)24(28)32-15-19-8-5-9-21(12-19)31-16-23(25)27/h2-13,26H,14-16H2,1H3,(H2,25,27). The molecule has 0 unspecified atom stereocenters. The number of hydrogen-bond acceptors (Lipinski definition) is 6. The Morgan fingerprint density at radius 3 is 2.39 bits per heavy atom. The Morgan fingerprint density at radius 1 is 0.939 bits per heavy atom.